The van der Waals surface area contributed by atoms with Crippen molar-refractivity contribution in [2.24, 2.45) is 17.8 Å². The Morgan fingerprint density at radius 2 is 1.69 bits per heavy atom. The number of ether oxygens (including phenoxy) is 1. The van der Waals surface area contributed by atoms with Crippen molar-refractivity contribution < 1.29 is 9.53 Å². The third kappa shape index (κ3) is 5.59. The third-order valence-corrected chi connectivity index (χ3v) is 7.57. The maximum absolute atomic E-state index is 12.6. The number of allylic oxidation sites excluding steroid dienone is 3. The van der Waals surface area contributed by atoms with Crippen LogP contribution in [0.5, 0.6) is 5.75 Å². The minimum absolute atomic E-state index is 0.287. The first kappa shape index (κ1) is 22.6. The molecule has 2 heteroatoms. The largest absolute Gasteiger partial charge is 0.423 e. The first-order valence-electron chi connectivity index (χ1n) is 12.3. The van der Waals surface area contributed by atoms with Crippen LogP contribution in [0.4, 0.5) is 0 Å². The van der Waals surface area contributed by atoms with E-state index in [9.17, 15) is 4.79 Å². The van der Waals surface area contributed by atoms with Gasteiger partial charge in [-0.1, -0.05) is 42.5 Å². The predicted octanol–water partition coefficient (Wildman–Crippen LogP) is 7.90. The van der Waals surface area contributed by atoms with Gasteiger partial charge in [0.2, 0.25) is 0 Å². The van der Waals surface area contributed by atoms with Gasteiger partial charge in [-0.3, -0.25) is 0 Å². The number of rotatable bonds is 7. The number of hydrogen-bond donors (Lipinski definition) is 0. The number of benzene rings is 2. The van der Waals surface area contributed by atoms with Crippen LogP contribution in [0, 0.1) is 17.8 Å². The molecule has 0 aromatic heterocycles. The fraction of sp³-hybridized carbons (Fsp3) is 0.433. The molecule has 2 fully saturated rings. The molecule has 2 aromatic carbocycles. The van der Waals surface area contributed by atoms with Gasteiger partial charge in [-0.25, -0.2) is 4.79 Å². The lowest BCUT2D eigenvalue weighted by atomic mass is 9.64. The molecule has 4 rings (SSSR count). The molecule has 0 radical (unpaired) electrons. The van der Waals surface area contributed by atoms with E-state index in [0.717, 1.165) is 30.6 Å². The Morgan fingerprint density at radius 1 is 0.969 bits per heavy atom. The summed E-state index contributed by atoms with van der Waals surface area (Å²) in [6, 6.07) is 16.0. The van der Waals surface area contributed by atoms with Gasteiger partial charge in [0.25, 0.3) is 0 Å². The summed E-state index contributed by atoms with van der Waals surface area (Å²) in [6.07, 6.45) is 16.3. The molecule has 2 aliphatic rings. The number of carbonyl (C=O) groups excluding carboxylic acids is 1. The molecule has 2 aliphatic carbocycles. The fourth-order valence-electron chi connectivity index (χ4n) is 5.64. The number of esters is 1. The van der Waals surface area contributed by atoms with Gasteiger partial charge in [0.05, 0.1) is 5.56 Å². The molecule has 0 saturated heterocycles. The van der Waals surface area contributed by atoms with Crippen LogP contribution >= 0.6 is 0 Å². The van der Waals surface area contributed by atoms with Gasteiger partial charge >= 0.3 is 5.97 Å². The van der Waals surface area contributed by atoms with Crippen LogP contribution in [0.3, 0.4) is 0 Å². The average molecular weight is 429 g/mol. The number of fused-ring (bicyclic) bond motifs is 1. The van der Waals surface area contributed by atoms with Gasteiger partial charge < -0.3 is 4.74 Å². The molecule has 4 unspecified atom stereocenters. The number of aryl methyl sites for hydroxylation is 1. The second-order valence-corrected chi connectivity index (χ2v) is 9.60. The molecule has 2 nitrogen and oxygen atoms in total. The van der Waals surface area contributed by atoms with Crippen molar-refractivity contribution in [3.05, 3.63) is 90.0 Å². The molecule has 0 N–H and O–H groups in total. The molecule has 2 aromatic rings. The molecule has 0 aliphatic heterocycles. The van der Waals surface area contributed by atoms with E-state index in [1.165, 1.54) is 49.7 Å². The maximum atomic E-state index is 12.6. The first-order chi connectivity index (χ1) is 15.7. The zero-order valence-electron chi connectivity index (χ0n) is 19.3. The Morgan fingerprint density at radius 3 is 2.41 bits per heavy atom. The summed E-state index contributed by atoms with van der Waals surface area (Å²) in [4.78, 5) is 12.6. The van der Waals surface area contributed by atoms with Crippen molar-refractivity contribution >= 4 is 5.97 Å². The lowest BCUT2D eigenvalue weighted by molar-refractivity contribution is 0.0734. The van der Waals surface area contributed by atoms with Crippen molar-refractivity contribution in [1.29, 1.82) is 0 Å². The van der Waals surface area contributed by atoms with Crippen LogP contribution in [0.15, 0.2) is 73.3 Å². The van der Waals surface area contributed by atoms with Crippen molar-refractivity contribution in [3.8, 4) is 5.75 Å². The average Bonchev–Trinajstić information content (AvgIpc) is 2.84. The Kier molecular flexibility index (Phi) is 7.63. The summed E-state index contributed by atoms with van der Waals surface area (Å²) in [5.74, 6) is 3.40. The van der Waals surface area contributed by atoms with Crippen LogP contribution in [0.2, 0.25) is 0 Å². The zero-order valence-corrected chi connectivity index (χ0v) is 19.3. The molecule has 4 atom stereocenters. The van der Waals surface area contributed by atoms with E-state index in [0.29, 0.717) is 17.2 Å². The smallest absolute Gasteiger partial charge is 0.343 e. The summed E-state index contributed by atoms with van der Waals surface area (Å²) in [5, 5.41) is 0. The zero-order chi connectivity index (χ0) is 22.3. The Balaban J connectivity index is 1.31. The third-order valence-electron chi connectivity index (χ3n) is 7.57. The van der Waals surface area contributed by atoms with Crippen LogP contribution < -0.4 is 4.74 Å². The number of hydrogen-bond acceptors (Lipinski definition) is 2. The van der Waals surface area contributed by atoms with E-state index in [2.05, 4.69) is 36.9 Å². The molecular weight excluding hydrogens is 392 g/mol. The summed E-state index contributed by atoms with van der Waals surface area (Å²) in [7, 11) is 0. The van der Waals surface area contributed by atoms with Gasteiger partial charge in [0, 0.05) is 0 Å². The molecular formula is C30H36O2. The summed E-state index contributed by atoms with van der Waals surface area (Å²) >= 11 is 0. The van der Waals surface area contributed by atoms with Crippen LogP contribution in [0.1, 0.15) is 79.3 Å². The van der Waals surface area contributed by atoms with E-state index < -0.39 is 0 Å². The van der Waals surface area contributed by atoms with Gasteiger partial charge in [0.15, 0.2) is 0 Å². The molecule has 0 amide bonds. The highest BCUT2D eigenvalue weighted by atomic mass is 16.5. The van der Waals surface area contributed by atoms with Crippen LogP contribution in [-0.2, 0) is 6.42 Å². The molecule has 0 spiro atoms. The van der Waals surface area contributed by atoms with Crippen LogP contribution in [-0.4, -0.2) is 5.97 Å². The topological polar surface area (TPSA) is 26.3 Å². The summed E-state index contributed by atoms with van der Waals surface area (Å²) in [5.41, 5.74) is 3.24. The molecule has 2 saturated carbocycles. The minimum Gasteiger partial charge on any atom is -0.423 e. The van der Waals surface area contributed by atoms with Gasteiger partial charge in [0.1, 0.15) is 5.75 Å². The van der Waals surface area contributed by atoms with Crippen molar-refractivity contribution in [2.75, 3.05) is 0 Å². The lowest BCUT2D eigenvalue weighted by Crippen LogP contribution is -2.29. The quantitative estimate of drug-likeness (QED) is 0.254. The SMILES string of the molecule is C=CC1CCC2CC(c3ccc(C(=O)Oc4ccc(CC/C=C/C)cc4)cc3)CCC2C1. The van der Waals surface area contributed by atoms with E-state index >= 15 is 0 Å². The van der Waals surface area contributed by atoms with Gasteiger partial charge in [-0.2, -0.15) is 0 Å². The molecule has 32 heavy (non-hydrogen) atoms. The Labute approximate surface area is 193 Å². The van der Waals surface area contributed by atoms with Crippen molar-refractivity contribution in [2.45, 2.75) is 64.2 Å². The van der Waals surface area contributed by atoms with E-state index in [1.807, 2.05) is 43.3 Å². The van der Waals surface area contributed by atoms with Gasteiger partial charge in [-0.15, -0.1) is 6.58 Å². The second kappa shape index (κ2) is 10.8. The summed E-state index contributed by atoms with van der Waals surface area (Å²) < 4.78 is 5.60. The number of carbonyl (C=O) groups is 1. The van der Waals surface area contributed by atoms with Crippen LogP contribution in [0.25, 0.3) is 0 Å². The highest BCUT2D eigenvalue weighted by Crippen LogP contribution is 2.47. The normalized spacial score (nSPS) is 25.3. The molecule has 0 heterocycles. The van der Waals surface area contributed by atoms with Gasteiger partial charge in [-0.05, 0) is 117 Å². The van der Waals surface area contributed by atoms with E-state index in [-0.39, 0.29) is 5.97 Å². The minimum atomic E-state index is -0.287. The highest BCUT2D eigenvalue weighted by Gasteiger charge is 2.35. The Hall–Kier alpha value is -2.61. The standard InChI is InChI=1S/C30H36O2/c1-3-5-6-7-23-9-18-29(19-10-23)32-30(31)25-14-12-24(13-15-25)27-17-16-26-20-22(4-2)8-11-28(26)21-27/h3-5,9-10,12-15,18-19,22,26-28H,2,6-8,11,16-17,20-21H2,1H3/b5-3+. The predicted molar refractivity (Wildman–Crippen MR) is 132 cm³/mol. The fourth-order valence-corrected chi connectivity index (χ4v) is 5.64. The monoisotopic (exact) mass is 428 g/mol. The Bertz CT molecular complexity index is 922. The summed E-state index contributed by atoms with van der Waals surface area (Å²) in [6.45, 7) is 6.05. The second-order valence-electron chi connectivity index (χ2n) is 9.60. The van der Waals surface area contributed by atoms with E-state index in [4.69, 9.17) is 4.74 Å². The molecule has 0 bridgehead atoms. The van der Waals surface area contributed by atoms with Crippen molar-refractivity contribution in [3.63, 3.8) is 0 Å². The van der Waals surface area contributed by atoms with Crippen molar-refractivity contribution in [1.82, 2.24) is 0 Å². The first-order valence-corrected chi connectivity index (χ1v) is 12.3. The highest BCUT2D eigenvalue weighted by molar-refractivity contribution is 5.91. The van der Waals surface area contributed by atoms with E-state index in [1.54, 1.807) is 0 Å². The lowest BCUT2D eigenvalue weighted by Gasteiger charge is -2.41. The molecule has 168 valence electrons. The maximum Gasteiger partial charge on any atom is 0.343 e.